The largest absolute Gasteiger partial charge is 0.372 e. The zero-order valence-corrected chi connectivity index (χ0v) is 20.1. The fourth-order valence-electron chi connectivity index (χ4n) is 5.31. The van der Waals surface area contributed by atoms with Gasteiger partial charge in [0.25, 0.3) is 17.1 Å². The molecule has 0 bridgehead atoms. The Morgan fingerprint density at radius 2 is 1.56 bits per heavy atom. The van der Waals surface area contributed by atoms with E-state index in [4.69, 9.17) is 11.6 Å². The average Bonchev–Trinajstić information content (AvgIpc) is 3.19. The average molecular weight is 527 g/mol. The van der Waals surface area contributed by atoms with E-state index in [9.17, 15) is 30.3 Å². The summed E-state index contributed by atoms with van der Waals surface area (Å²) in [6.45, 7) is 0. The van der Waals surface area contributed by atoms with Crippen molar-refractivity contribution in [1.82, 2.24) is 0 Å². The molecule has 5 atom stereocenters. The molecule has 0 unspecified atom stereocenters. The van der Waals surface area contributed by atoms with Gasteiger partial charge in [-0.05, 0) is 29.5 Å². The van der Waals surface area contributed by atoms with Crippen LogP contribution in [0.2, 0.25) is 0 Å². The predicted molar refractivity (Wildman–Crippen MR) is 136 cm³/mol. The highest BCUT2D eigenvalue weighted by atomic mass is 35.5. The van der Waals surface area contributed by atoms with Gasteiger partial charge >= 0.3 is 0 Å². The molecule has 184 valence electrons. The molecule has 0 saturated heterocycles. The van der Waals surface area contributed by atoms with E-state index >= 15 is 0 Å². The highest BCUT2D eigenvalue weighted by Gasteiger charge is 2.51. The quantitative estimate of drug-likeness (QED) is 0.219. The first kappa shape index (κ1) is 24.0. The summed E-state index contributed by atoms with van der Waals surface area (Å²) in [6, 6.07) is 17.0. The number of alkyl halides is 1. The summed E-state index contributed by atoms with van der Waals surface area (Å²) in [5, 5.41) is 37.4. The molecule has 0 radical (unpaired) electrons. The molecule has 1 aliphatic carbocycles. The number of nitro groups is 3. The number of rotatable bonds is 6. The van der Waals surface area contributed by atoms with Crippen molar-refractivity contribution in [2.24, 2.45) is 5.92 Å². The molecule has 1 aliphatic heterocycles. The number of halogens is 1. The minimum atomic E-state index is -0.483. The number of hydrogen-bond acceptors (Lipinski definition) is 8. The van der Waals surface area contributed by atoms with Crippen LogP contribution in [0.5, 0.6) is 0 Å². The van der Waals surface area contributed by atoms with Crippen LogP contribution in [0.3, 0.4) is 0 Å². The Kier molecular flexibility index (Phi) is 6.27. The smallest absolute Gasteiger partial charge is 0.292 e. The Balaban J connectivity index is 1.59. The van der Waals surface area contributed by atoms with E-state index in [0.29, 0.717) is 28.1 Å². The van der Waals surface area contributed by atoms with E-state index in [1.165, 1.54) is 36.0 Å². The van der Waals surface area contributed by atoms with Crippen LogP contribution in [-0.2, 0) is 0 Å². The number of non-ortho nitro benzene ring substituents is 1. The Hall–Kier alpha value is -3.70. The van der Waals surface area contributed by atoms with Crippen molar-refractivity contribution in [3.05, 3.63) is 108 Å². The molecule has 1 heterocycles. The Morgan fingerprint density at radius 3 is 2.28 bits per heavy atom. The maximum Gasteiger partial charge on any atom is 0.292 e. The summed E-state index contributed by atoms with van der Waals surface area (Å²) in [5.74, 6) is -0.448. The van der Waals surface area contributed by atoms with Gasteiger partial charge in [-0.1, -0.05) is 36.4 Å². The maximum absolute atomic E-state index is 11.8. The lowest BCUT2D eigenvalue weighted by Crippen LogP contribution is -2.31. The number of nitrogens with one attached hydrogen (secondary N) is 1. The molecule has 1 fully saturated rings. The number of nitrogens with zero attached hydrogens (tertiary/aromatic N) is 3. The van der Waals surface area contributed by atoms with Gasteiger partial charge in [-0.15, -0.1) is 23.4 Å². The molecule has 0 spiro atoms. The monoisotopic (exact) mass is 526 g/mol. The van der Waals surface area contributed by atoms with Gasteiger partial charge in [-0.25, -0.2) is 0 Å². The van der Waals surface area contributed by atoms with Crippen molar-refractivity contribution < 1.29 is 14.8 Å². The number of benzene rings is 3. The number of fused-ring (bicyclic) bond motifs is 3. The van der Waals surface area contributed by atoms with E-state index in [2.05, 4.69) is 5.32 Å². The van der Waals surface area contributed by atoms with Gasteiger partial charge in [0.05, 0.1) is 31.1 Å². The van der Waals surface area contributed by atoms with E-state index < -0.39 is 26.2 Å². The molecule has 0 amide bonds. The van der Waals surface area contributed by atoms with Gasteiger partial charge in [-0.3, -0.25) is 30.3 Å². The van der Waals surface area contributed by atoms with Gasteiger partial charge in [0, 0.05) is 35.4 Å². The fourth-order valence-corrected chi connectivity index (χ4v) is 7.26. The zero-order valence-electron chi connectivity index (χ0n) is 18.5. The van der Waals surface area contributed by atoms with Crippen LogP contribution in [0.4, 0.5) is 22.7 Å². The van der Waals surface area contributed by atoms with Crippen LogP contribution in [0.15, 0.2) is 71.6 Å². The van der Waals surface area contributed by atoms with Crippen molar-refractivity contribution in [1.29, 1.82) is 0 Å². The maximum atomic E-state index is 11.8. The molecule has 1 N–H and O–H groups in total. The van der Waals surface area contributed by atoms with E-state index in [0.717, 1.165) is 0 Å². The van der Waals surface area contributed by atoms with Crippen LogP contribution in [0.1, 0.15) is 29.5 Å². The van der Waals surface area contributed by atoms with Crippen molar-refractivity contribution in [3.63, 3.8) is 0 Å². The third-order valence-electron chi connectivity index (χ3n) is 6.80. The van der Waals surface area contributed by atoms with Gasteiger partial charge in [0.15, 0.2) is 0 Å². The van der Waals surface area contributed by atoms with Gasteiger partial charge in [0.2, 0.25) is 0 Å². The summed E-state index contributed by atoms with van der Waals surface area (Å²) >= 11 is 8.36. The number of hydrogen-bond donors (Lipinski definition) is 1. The molecule has 3 aromatic carbocycles. The third kappa shape index (κ3) is 4.14. The molecular formula is C24H19ClN4O6S. The summed E-state index contributed by atoms with van der Waals surface area (Å²) in [7, 11) is 0. The molecule has 10 nitrogen and oxygen atoms in total. The number of nitro benzene ring substituents is 3. The molecule has 36 heavy (non-hydrogen) atoms. The molecule has 1 saturated carbocycles. The number of anilines is 1. The molecule has 5 rings (SSSR count). The third-order valence-corrected chi connectivity index (χ3v) is 8.92. The lowest BCUT2D eigenvalue weighted by molar-refractivity contribution is -0.387. The topological polar surface area (TPSA) is 141 Å². The normalized spacial score (nSPS) is 24.3. The van der Waals surface area contributed by atoms with Crippen LogP contribution in [0.25, 0.3) is 0 Å². The Labute approximate surface area is 214 Å². The SMILES string of the molecule is O=[N+]([O-])c1cccc([C@@H]2Nc3c(cccc3[N+](=O)[O-])[C@@H]3[C@H](Cl)[C@H](Sc4ccccc4[N+](=O)[O-])C[C@H]32)c1. The fraction of sp³-hybridized carbons (Fsp3) is 0.250. The summed E-state index contributed by atoms with van der Waals surface area (Å²) in [6.07, 6.45) is 0.554. The first-order valence-electron chi connectivity index (χ1n) is 11.1. The zero-order chi connectivity index (χ0) is 25.6. The Bertz CT molecular complexity index is 1390. The van der Waals surface area contributed by atoms with Gasteiger partial charge in [-0.2, -0.15) is 0 Å². The van der Waals surface area contributed by atoms with E-state index in [1.807, 2.05) is 6.07 Å². The summed E-state index contributed by atoms with van der Waals surface area (Å²) < 4.78 is 0. The van der Waals surface area contributed by atoms with Crippen molar-refractivity contribution in [2.75, 3.05) is 5.32 Å². The molecule has 2 aliphatic rings. The number of para-hydroxylation sites is 2. The summed E-state index contributed by atoms with van der Waals surface area (Å²) in [4.78, 5) is 33.9. The summed E-state index contributed by atoms with van der Waals surface area (Å²) in [5.41, 5.74) is 1.50. The van der Waals surface area contributed by atoms with E-state index in [1.54, 1.807) is 36.4 Å². The minimum absolute atomic E-state index is 0.00867. The van der Waals surface area contributed by atoms with Crippen molar-refractivity contribution in [2.45, 2.75) is 33.9 Å². The van der Waals surface area contributed by atoms with Crippen molar-refractivity contribution in [3.8, 4) is 0 Å². The molecule has 0 aromatic heterocycles. The standard InChI is InChI=1S/C24H19ClN4O6S/c25-22-20(36-19-10-2-1-8-17(19)28(32)33)12-16-21(22)15-7-4-9-18(29(34)35)24(15)26-23(16)13-5-3-6-14(11-13)27(30)31/h1-11,16,20-23,26H,12H2/t16-,20-,21+,22-,23+/m1/s1. The molecular weight excluding hydrogens is 508 g/mol. The van der Waals surface area contributed by atoms with E-state index in [-0.39, 0.29) is 34.1 Å². The number of thioether (sulfide) groups is 1. The first-order chi connectivity index (χ1) is 17.3. The lowest BCUT2D eigenvalue weighted by atomic mass is 9.77. The molecule has 3 aromatic rings. The second-order valence-corrected chi connectivity index (χ2v) is 10.5. The van der Waals surface area contributed by atoms with Crippen LogP contribution >= 0.6 is 23.4 Å². The van der Waals surface area contributed by atoms with Crippen LogP contribution < -0.4 is 5.32 Å². The lowest BCUT2D eigenvalue weighted by Gasteiger charge is -2.37. The Morgan fingerprint density at radius 1 is 0.861 bits per heavy atom. The highest BCUT2D eigenvalue weighted by Crippen LogP contribution is 2.59. The van der Waals surface area contributed by atoms with Crippen molar-refractivity contribution >= 4 is 46.1 Å². The van der Waals surface area contributed by atoms with Gasteiger partial charge < -0.3 is 5.32 Å². The second kappa shape index (κ2) is 9.40. The highest BCUT2D eigenvalue weighted by molar-refractivity contribution is 8.00. The van der Waals surface area contributed by atoms with Gasteiger partial charge in [0.1, 0.15) is 5.69 Å². The first-order valence-corrected chi connectivity index (χ1v) is 12.4. The second-order valence-electron chi connectivity index (χ2n) is 8.72. The minimum Gasteiger partial charge on any atom is -0.372 e. The van der Waals surface area contributed by atoms with Crippen LogP contribution in [0, 0.1) is 36.3 Å². The van der Waals surface area contributed by atoms with Crippen LogP contribution in [-0.4, -0.2) is 25.4 Å². The molecule has 12 heteroatoms. The predicted octanol–water partition coefficient (Wildman–Crippen LogP) is 6.45.